The number of carbonyl (C=O) groups is 1. The van der Waals surface area contributed by atoms with Gasteiger partial charge in [-0.3, -0.25) is 10.1 Å². The van der Waals surface area contributed by atoms with Gasteiger partial charge in [-0.1, -0.05) is 36.9 Å². The van der Waals surface area contributed by atoms with Gasteiger partial charge in [0.1, 0.15) is 11.9 Å². The molecule has 0 saturated carbocycles. The van der Waals surface area contributed by atoms with E-state index in [2.05, 4.69) is 6.58 Å². The largest absolute Gasteiger partial charge is 0.423 e. The number of aliphatic hydroxyl groups is 1. The standard InChI is InChI=1S/C18H17NO5/c1-11-9-15(19(22)23)10-12(2)17(11)24-18(21)13(3)16(20)14-7-5-4-6-8-14/h4-10,16,20H,3H2,1-2H3/t16-/m0/s1. The summed E-state index contributed by atoms with van der Waals surface area (Å²) < 4.78 is 5.29. The van der Waals surface area contributed by atoms with Crippen LogP contribution in [0, 0.1) is 24.0 Å². The van der Waals surface area contributed by atoms with Crippen molar-refractivity contribution < 1.29 is 19.6 Å². The van der Waals surface area contributed by atoms with Crippen LogP contribution in [0.1, 0.15) is 22.8 Å². The van der Waals surface area contributed by atoms with Crippen LogP contribution < -0.4 is 4.74 Å². The molecule has 0 aliphatic carbocycles. The lowest BCUT2D eigenvalue weighted by Gasteiger charge is -2.15. The summed E-state index contributed by atoms with van der Waals surface area (Å²) in [6.45, 7) is 6.82. The highest BCUT2D eigenvalue weighted by Crippen LogP contribution is 2.30. The first-order valence-electron chi connectivity index (χ1n) is 7.21. The van der Waals surface area contributed by atoms with Crippen molar-refractivity contribution in [3.05, 3.63) is 81.4 Å². The number of nitro groups is 1. The number of nitrogens with zero attached hydrogens (tertiary/aromatic N) is 1. The Morgan fingerprint density at radius 2 is 1.75 bits per heavy atom. The first-order chi connectivity index (χ1) is 11.3. The van der Waals surface area contributed by atoms with Crippen molar-refractivity contribution in [1.82, 2.24) is 0 Å². The maximum atomic E-state index is 12.2. The van der Waals surface area contributed by atoms with Gasteiger partial charge >= 0.3 is 5.97 Å². The Labute approximate surface area is 139 Å². The normalized spacial score (nSPS) is 11.6. The van der Waals surface area contributed by atoms with E-state index in [-0.39, 0.29) is 17.0 Å². The third-order valence-electron chi connectivity index (χ3n) is 3.56. The third kappa shape index (κ3) is 3.67. The molecule has 2 aromatic carbocycles. The summed E-state index contributed by atoms with van der Waals surface area (Å²) >= 11 is 0. The third-order valence-corrected chi connectivity index (χ3v) is 3.56. The van der Waals surface area contributed by atoms with E-state index < -0.39 is 17.0 Å². The van der Waals surface area contributed by atoms with Crippen LogP contribution in [-0.2, 0) is 4.79 Å². The number of hydrogen-bond donors (Lipinski definition) is 1. The Bertz CT molecular complexity index is 775. The van der Waals surface area contributed by atoms with Gasteiger partial charge < -0.3 is 9.84 Å². The van der Waals surface area contributed by atoms with E-state index in [1.807, 2.05) is 0 Å². The molecule has 2 rings (SSSR count). The molecule has 0 aliphatic heterocycles. The van der Waals surface area contributed by atoms with Gasteiger partial charge in [0.25, 0.3) is 5.69 Å². The Hall–Kier alpha value is -2.99. The van der Waals surface area contributed by atoms with Crippen molar-refractivity contribution in [2.75, 3.05) is 0 Å². The van der Waals surface area contributed by atoms with Crippen molar-refractivity contribution in [3.63, 3.8) is 0 Å². The minimum absolute atomic E-state index is 0.0760. The lowest BCUT2D eigenvalue weighted by atomic mass is 10.0. The number of nitro benzene ring substituents is 1. The number of non-ortho nitro benzene ring substituents is 1. The molecule has 0 bridgehead atoms. The van der Waals surface area contributed by atoms with Gasteiger partial charge in [0.2, 0.25) is 0 Å². The van der Waals surface area contributed by atoms with Gasteiger partial charge in [0.05, 0.1) is 10.5 Å². The summed E-state index contributed by atoms with van der Waals surface area (Å²) in [6, 6.07) is 11.3. The number of benzene rings is 2. The van der Waals surface area contributed by atoms with E-state index in [1.165, 1.54) is 12.1 Å². The maximum Gasteiger partial charge on any atom is 0.341 e. The number of aliphatic hydroxyl groups excluding tert-OH is 1. The van der Waals surface area contributed by atoms with Gasteiger partial charge in [0, 0.05) is 12.1 Å². The molecule has 0 spiro atoms. The van der Waals surface area contributed by atoms with Crippen LogP contribution in [0.4, 0.5) is 5.69 Å². The van der Waals surface area contributed by atoms with Gasteiger partial charge in [-0.2, -0.15) is 0 Å². The van der Waals surface area contributed by atoms with Crippen LogP contribution in [0.5, 0.6) is 5.75 Å². The maximum absolute atomic E-state index is 12.2. The summed E-state index contributed by atoms with van der Waals surface area (Å²) in [5.74, 6) is -0.557. The van der Waals surface area contributed by atoms with E-state index in [1.54, 1.807) is 44.2 Å². The lowest BCUT2D eigenvalue weighted by Crippen LogP contribution is -2.17. The zero-order valence-electron chi connectivity index (χ0n) is 13.4. The summed E-state index contributed by atoms with van der Waals surface area (Å²) in [6.07, 6.45) is -1.18. The quantitative estimate of drug-likeness (QED) is 0.299. The van der Waals surface area contributed by atoms with Crippen molar-refractivity contribution >= 4 is 11.7 Å². The van der Waals surface area contributed by atoms with Crippen LogP contribution in [0.15, 0.2) is 54.6 Å². The van der Waals surface area contributed by atoms with Crippen molar-refractivity contribution in [3.8, 4) is 5.75 Å². The van der Waals surface area contributed by atoms with Crippen LogP contribution in [0.3, 0.4) is 0 Å². The molecule has 0 heterocycles. The Balaban J connectivity index is 2.21. The number of carbonyl (C=O) groups excluding carboxylic acids is 1. The average molecular weight is 327 g/mol. The number of hydrogen-bond acceptors (Lipinski definition) is 5. The summed E-state index contributed by atoms with van der Waals surface area (Å²) in [5, 5.41) is 21.0. The smallest absolute Gasteiger partial charge is 0.341 e. The van der Waals surface area contributed by atoms with Gasteiger partial charge in [-0.15, -0.1) is 0 Å². The molecule has 24 heavy (non-hydrogen) atoms. The number of rotatable bonds is 5. The van der Waals surface area contributed by atoms with Crippen LogP contribution in [0.2, 0.25) is 0 Å². The molecule has 0 saturated heterocycles. The van der Waals surface area contributed by atoms with Gasteiger partial charge in [-0.25, -0.2) is 4.79 Å². The molecule has 0 unspecified atom stereocenters. The molecule has 0 amide bonds. The molecule has 2 aromatic rings. The molecule has 6 heteroatoms. The van der Waals surface area contributed by atoms with Crippen LogP contribution in [0.25, 0.3) is 0 Å². The number of ether oxygens (including phenoxy) is 1. The van der Waals surface area contributed by atoms with Crippen LogP contribution >= 0.6 is 0 Å². The van der Waals surface area contributed by atoms with E-state index in [9.17, 15) is 20.0 Å². The second kappa shape index (κ2) is 7.06. The van der Waals surface area contributed by atoms with Gasteiger partial charge in [0.15, 0.2) is 0 Å². The molecular weight excluding hydrogens is 310 g/mol. The Kier molecular flexibility index (Phi) is 5.11. The molecular formula is C18H17NO5. The monoisotopic (exact) mass is 327 g/mol. The predicted octanol–water partition coefficient (Wildman–Crippen LogP) is 3.41. The highest BCUT2D eigenvalue weighted by molar-refractivity contribution is 5.91. The summed E-state index contributed by atoms with van der Waals surface area (Å²) in [4.78, 5) is 22.6. The topological polar surface area (TPSA) is 89.7 Å². The fourth-order valence-corrected chi connectivity index (χ4v) is 2.30. The Morgan fingerprint density at radius 3 is 2.25 bits per heavy atom. The molecule has 124 valence electrons. The molecule has 1 N–H and O–H groups in total. The second-order valence-corrected chi connectivity index (χ2v) is 5.39. The SMILES string of the molecule is C=C(C(=O)Oc1c(C)cc([N+](=O)[O-])cc1C)[C@H](O)c1ccccc1. The van der Waals surface area contributed by atoms with E-state index in [4.69, 9.17) is 4.74 Å². The minimum Gasteiger partial charge on any atom is -0.423 e. The fraction of sp³-hybridized carbons (Fsp3) is 0.167. The molecule has 1 atom stereocenters. The Morgan fingerprint density at radius 1 is 1.21 bits per heavy atom. The lowest BCUT2D eigenvalue weighted by molar-refractivity contribution is -0.385. The fourth-order valence-electron chi connectivity index (χ4n) is 2.30. The van der Waals surface area contributed by atoms with Crippen LogP contribution in [-0.4, -0.2) is 16.0 Å². The predicted molar refractivity (Wildman–Crippen MR) is 88.7 cm³/mol. The highest BCUT2D eigenvalue weighted by Gasteiger charge is 2.22. The second-order valence-electron chi connectivity index (χ2n) is 5.39. The van der Waals surface area contributed by atoms with Crippen molar-refractivity contribution in [2.24, 2.45) is 0 Å². The van der Waals surface area contributed by atoms with E-state index in [0.29, 0.717) is 16.7 Å². The summed E-state index contributed by atoms with van der Waals surface area (Å²) in [7, 11) is 0. The first-order valence-corrected chi connectivity index (χ1v) is 7.21. The molecule has 0 fully saturated rings. The molecule has 0 aromatic heterocycles. The zero-order valence-corrected chi connectivity index (χ0v) is 13.4. The molecule has 0 aliphatic rings. The molecule has 6 nitrogen and oxygen atoms in total. The summed E-state index contributed by atoms with van der Waals surface area (Å²) in [5.41, 5.74) is 1.25. The minimum atomic E-state index is -1.18. The first kappa shape index (κ1) is 17.4. The van der Waals surface area contributed by atoms with Crippen molar-refractivity contribution in [2.45, 2.75) is 20.0 Å². The average Bonchev–Trinajstić information content (AvgIpc) is 2.57. The van der Waals surface area contributed by atoms with E-state index in [0.717, 1.165) is 0 Å². The molecule has 0 radical (unpaired) electrons. The highest BCUT2D eigenvalue weighted by atomic mass is 16.6. The number of esters is 1. The zero-order chi connectivity index (χ0) is 17.9. The number of aryl methyl sites for hydroxylation is 2. The van der Waals surface area contributed by atoms with Crippen molar-refractivity contribution in [1.29, 1.82) is 0 Å². The van der Waals surface area contributed by atoms with Gasteiger partial charge in [-0.05, 0) is 30.5 Å². The van der Waals surface area contributed by atoms with E-state index >= 15 is 0 Å².